The van der Waals surface area contributed by atoms with Gasteiger partial charge in [-0.2, -0.15) is 0 Å². The summed E-state index contributed by atoms with van der Waals surface area (Å²) in [5, 5.41) is 11.3. The molecular formula is C20H18N2O3. The molecule has 0 saturated heterocycles. The van der Waals surface area contributed by atoms with Crippen LogP contribution in [-0.4, -0.2) is 15.7 Å². The lowest BCUT2D eigenvalue weighted by atomic mass is 9.96. The average Bonchev–Trinajstić information content (AvgIpc) is 3.03. The monoisotopic (exact) mass is 334 g/mol. The van der Waals surface area contributed by atoms with Gasteiger partial charge >= 0.3 is 0 Å². The normalized spacial score (nSPS) is 11.9. The lowest BCUT2D eigenvalue weighted by molar-refractivity contribution is -0.385. The Kier molecular flexibility index (Phi) is 4.48. The number of carbonyl (C=O) groups is 1. The maximum Gasteiger partial charge on any atom is 0.273 e. The molecule has 0 fully saturated rings. The second kappa shape index (κ2) is 6.73. The van der Waals surface area contributed by atoms with E-state index in [1.165, 1.54) is 6.07 Å². The van der Waals surface area contributed by atoms with Crippen LogP contribution in [0.15, 0.2) is 60.7 Å². The third-order valence-electron chi connectivity index (χ3n) is 4.37. The van der Waals surface area contributed by atoms with Gasteiger partial charge in [-0.3, -0.25) is 14.9 Å². The van der Waals surface area contributed by atoms with Gasteiger partial charge in [-0.1, -0.05) is 55.5 Å². The average molecular weight is 334 g/mol. The summed E-state index contributed by atoms with van der Waals surface area (Å²) in [6, 6.07) is 17.6. The minimum atomic E-state index is -0.377. The van der Waals surface area contributed by atoms with E-state index < -0.39 is 0 Å². The van der Waals surface area contributed by atoms with Gasteiger partial charge in [-0.05, 0) is 18.6 Å². The number of nitro benzene ring substituents is 1. The molecule has 0 amide bonds. The van der Waals surface area contributed by atoms with Crippen molar-refractivity contribution in [2.75, 3.05) is 0 Å². The quantitative estimate of drug-likeness (QED) is 0.420. The Morgan fingerprint density at radius 2 is 1.72 bits per heavy atom. The number of nitro groups is 1. The molecule has 1 unspecified atom stereocenters. The summed E-state index contributed by atoms with van der Waals surface area (Å²) in [5.74, 6) is -0.309. The van der Waals surface area contributed by atoms with Gasteiger partial charge in [0.25, 0.3) is 5.69 Å². The number of ketones is 1. The van der Waals surface area contributed by atoms with Crippen LogP contribution in [0, 0.1) is 17.0 Å². The molecule has 3 aromatic rings. The van der Waals surface area contributed by atoms with Gasteiger partial charge in [0.15, 0.2) is 0 Å². The fourth-order valence-electron chi connectivity index (χ4n) is 2.97. The highest BCUT2D eigenvalue weighted by Crippen LogP contribution is 2.32. The van der Waals surface area contributed by atoms with E-state index in [1.807, 2.05) is 38.1 Å². The highest BCUT2D eigenvalue weighted by atomic mass is 16.6. The maximum atomic E-state index is 12.7. The Morgan fingerprint density at radius 1 is 1.08 bits per heavy atom. The molecule has 0 aliphatic carbocycles. The molecule has 1 aromatic heterocycles. The van der Waals surface area contributed by atoms with Crippen LogP contribution in [0.4, 0.5) is 5.69 Å². The number of nitrogens with one attached hydrogen (secondary N) is 1. The molecule has 1 heterocycles. The molecule has 1 atom stereocenters. The number of aromatic amines is 1. The Labute approximate surface area is 145 Å². The molecule has 1 N–H and O–H groups in total. The highest BCUT2D eigenvalue weighted by molar-refractivity contribution is 6.08. The third-order valence-corrected chi connectivity index (χ3v) is 4.37. The first-order valence-corrected chi connectivity index (χ1v) is 8.01. The Morgan fingerprint density at radius 3 is 2.40 bits per heavy atom. The fraction of sp³-hybridized carbons (Fsp3) is 0.150. The van der Waals surface area contributed by atoms with Crippen molar-refractivity contribution in [3.63, 3.8) is 0 Å². The molecule has 0 radical (unpaired) electrons. The molecular weight excluding hydrogens is 316 g/mol. The summed E-state index contributed by atoms with van der Waals surface area (Å²) < 4.78 is 0. The SMILES string of the molecule is Cc1cc(C(C)c2ccccc2[N+](=O)[O-])[nH]c1C(=O)c1ccccc1. The number of benzene rings is 2. The molecule has 5 nitrogen and oxygen atoms in total. The Bertz CT molecular complexity index is 929. The van der Waals surface area contributed by atoms with E-state index in [-0.39, 0.29) is 22.3 Å². The van der Waals surface area contributed by atoms with Crippen LogP contribution in [0.2, 0.25) is 0 Å². The van der Waals surface area contributed by atoms with Crippen LogP contribution < -0.4 is 0 Å². The molecule has 25 heavy (non-hydrogen) atoms. The van der Waals surface area contributed by atoms with Crippen molar-refractivity contribution in [1.29, 1.82) is 0 Å². The van der Waals surface area contributed by atoms with Gasteiger partial charge in [0.1, 0.15) is 0 Å². The molecule has 2 aromatic carbocycles. The number of aryl methyl sites for hydroxylation is 1. The number of para-hydroxylation sites is 1. The summed E-state index contributed by atoms with van der Waals surface area (Å²) in [4.78, 5) is 26.7. The second-order valence-electron chi connectivity index (χ2n) is 6.02. The van der Waals surface area contributed by atoms with E-state index in [1.54, 1.807) is 30.3 Å². The number of nitrogens with zero attached hydrogens (tertiary/aromatic N) is 1. The van der Waals surface area contributed by atoms with Crippen LogP contribution in [0.3, 0.4) is 0 Å². The summed E-state index contributed by atoms with van der Waals surface area (Å²) >= 11 is 0. The van der Waals surface area contributed by atoms with Gasteiger partial charge in [-0.25, -0.2) is 0 Å². The highest BCUT2D eigenvalue weighted by Gasteiger charge is 2.23. The van der Waals surface area contributed by atoms with Crippen molar-refractivity contribution < 1.29 is 9.72 Å². The zero-order valence-corrected chi connectivity index (χ0v) is 14.0. The number of H-pyrrole nitrogens is 1. The van der Waals surface area contributed by atoms with E-state index in [9.17, 15) is 14.9 Å². The number of aromatic nitrogens is 1. The largest absolute Gasteiger partial charge is 0.355 e. The van der Waals surface area contributed by atoms with Crippen molar-refractivity contribution in [1.82, 2.24) is 4.98 Å². The smallest absolute Gasteiger partial charge is 0.273 e. The van der Waals surface area contributed by atoms with Crippen molar-refractivity contribution >= 4 is 11.5 Å². The van der Waals surface area contributed by atoms with Gasteiger partial charge in [0, 0.05) is 28.8 Å². The van der Waals surface area contributed by atoms with Crippen molar-refractivity contribution in [2.24, 2.45) is 0 Å². The van der Waals surface area contributed by atoms with Gasteiger partial charge < -0.3 is 4.98 Å². The van der Waals surface area contributed by atoms with Crippen LogP contribution in [-0.2, 0) is 0 Å². The summed E-state index contributed by atoms with van der Waals surface area (Å²) in [5.41, 5.74) is 3.44. The van der Waals surface area contributed by atoms with Crippen LogP contribution in [0.25, 0.3) is 0 Å². The maximum absolute atomic E-state index is 12.7. The predicted molar refractivity (Wildman–Crippen MR) is 96.0 cm³/mol. The minimum Gasteiger partial charge on any atom is -0.355 e. The van der Waals surface area contributed by atoms with E-state index in [2.05, 4.69) is 4.98 Å². The summed E-state index contributed by atoms with van der Waals surface area (Å²) in [7, 11) is 0. The lowest BCUT2D eigenvalue weighted by Crippen LogP contribution is -2.05. The number of hydrogen-bond donors (Lipinski definition) is 1. The lowest BCUT2D eigenvalue weighted by Gasteiger charge is -2.10. The third kappa shape index (κ3) is 3.21. The van der Waals surface area contributed by atoms with Gasteiger partial charge in [-0.15, -0.1) is 0 Å². The molecule has 0 aliphatic heterocycles. The fourth-order valence-corrected chi connectivity index (χ4v) is 2.97. The van der Waals surface area contributed by atoms with E-state index >= 15 is 0 Å². The zero-order chi connectivity index (χ0) is 18.0. The summed E-state index contributed by atoms with van der Waals surface area (Å²) in [6.45, 7) is 3.76. The predicted octanol–water partition coefficient (Wildman–Crippen LogP) is 4.61. The Hall–Kier alpha value is -3.21. The minimum absolute atomic E-state index is 0.0817. The molecule has 0 spiro atoms. The Balaban J connectivity index is 1.98. The number of carbonyl (C=O) groups excluding carboxylic acids is 1. The number of hydrogen-bond acceptors (Lipinski definition) is 3. The first kappa shape index (κ1) is 16.6. The van der Waals surface area contributed by atoms with Gasteiger partial charge in [0.2, 0.25) is 5.78 Å². The molecule has 0 saturated carbocycles. The molecule has 5 heteroatoms. The topological polar surface area (TPSA) is 76.0 Å². The van der Waals surface area contributed by atoms with Crippen LogP contribution in [0.1, 0.15) is 45.7 Å². The van der Waals surface area contributed by atoms with Crippen molar-refractivity contribution in [3.8, 4) is 0 Å². The molecule has 3 rings (SSSR count). The van der Waals surface area contributed by atoms with Gasteiger partial charge in [0.05, 0.1) is 10.6 Å². The van der Waals surface area contributed by atoms with E-state index in [0.29, 0.717) is 16.8 Å². The van der Waals surface area contributed by atoms with Crippen molar-refractivity contribution in [3.05, 3.63) is 98.9 Å². The van der Waals surface area contributed by atoms with E-state index in [0.717, 1.165) is 11.3 Å². The first-order valence-electron chi connectivity index (χ1n) is 8.01. The first-order chi connectivity index (χ1) is 12.0. The molecule has 0 aliphatic rings. The van der Waals surface area contributed by atoms with Crippen molar-refractivity contribution in [2.45, 2.75) is 19.8 Å². The summed E-state index contributed by atoms with van der Waals surface area (Å²) in [6.07, 6.45) is 0. The van der Waals surface area contributed by atoms with Crippen LogP contribution in [0.5, 0.6) is 0 Å². The zero-order valence-electron chi connectivity index (χ0n) is 14.0. The molecule has 126 valence electrons. The molecule has 0 bridgehead atoms. The second-order valence-corrected chi connectivity index (χ2v) is 6.02. The number of rotatable bonds is 5. The van der Waals surface area contributed by atoms with Crippen LogP contribution >= 0.6 is 0 Å². The van der Waals surface area contributed by atoms with E-state index in [4.69, 9.17) is 0 Å². The standard InChI is InChI=1S/C20H18N2O3/c1-13-12-17(14(2)16-10-6-7-11-18(16)22(24)25)21-19(13)20(23)15-8-4-3-5-9-15/h3-12,14,21H,1-2H3.